The molecule has 1 aliphatic rings. The van der Waals surface area contributed by atoms with E-state index in [0.717, 1.165) is 5.39 Å². The van der Waals surface area contributed by atoms with Gasteiger partial charge >= 0.3 is 5.63 Å². The second-order valence-electron chi connectivity index (χ2n) is 7.41. The summed E-state index contributed by atoms with van der Waals surface area (Å²) in [5.74, 6) is -0.378. The molecule has 2 amide bonds. The summed E-state index contributed by atoms with van der Waals surface area (Å²) >= 11 is 0. The molecule has 7 nitrogen and oxygen atoms in total. The lowest BCUT2D eigenvalue weighted by atomic mass is 10.0. The Hall–Kier alpha value is -3.45. The van der Waals surface area contributed by atoms with Crippen molar-refractivity contribution in [1.29, 1.82) is 0 Å². The van der Waals surface area contributed by atoms with Crippen LogP contribution in [0.1, 0.15) is 10.4 Å². The first-order valence-electron chi connectivity index (χ1n) is 9.69. The van der Waals surface area contributed by atoms with Crippen molar-refractivity contribution in [3.05, 3.63) is 70.6 Å². The molecule has 30 heavy (non-hydrogen) atoms. The number of fused-ring (bicyclic) bond motifs is 1. The second-order valence-corrected chi connectivity index (χ2v) is 7.41. The van der Waals surface area contributed by atoms with Crippen molar-refractivity contribution in [2.75, 3.05) is 33.8 Å². The lowest BCUT2D eigenvalue weighted by Gasteiger charge is -2.33. The van der Waals surface area contributed by atoms with Gasteiger partial charge in [0, 0.05) is 31.6 Å². The topological polar surface area (TPSA) is 80.1 Å². The first-order valence-corrected chi connectivity index (χ1v) is 9.69. The molecule has 0 radical (unpaired) electrons. The molecule has 0 spiro atoms. The molecule has 2 heterocycles. The number of carbonyl (C=O) groups is 2. The smallest absolute Gasteiger partial charge is 0.344 e. The second kappa shape index (κ2) is 8.12. The number of nitrogens with zero attached hydrogens (tertiary/aromatic N) is 2. The fourth-order valence-electron chi connectivity index (χ4n) is 3.54. The van der Waals surface area contributed by atoms with Crippen LogP contribution in [0.3, 0.4) is 0 Å². The van der Waals surface area contributed by atoms with E-state index in [9.17, 15) is 14.4 Å². The highest BCUT2D eigenvalue weighted by Gasteiger charge is 2.30. The number of benzene rings is 2. The molecule has 0 bridgehead atoms. The quantitative estimate of drug-likeness (QED) is 0.624. The van der Waals surface area contributed by atoms with E-state index in [1.54, 1.807) is 61.5 Å². The van der Waals surface area contributed by atoms with Crippen LogP contribution in [0.5, 0.6) is 0 Å². The first-order chi connectivity index (χ1) is 14.4. The van der Waals surface area contributed by atoms with Gasteiger partial charge < -0.3 is 19.0 Å². The average molecular weight is 406 g/mol. The van der Waals surface area contributed by atoms with Gasteiger partial charge in [-0.3, -0.25) is 9.59 Å². The molecule has 1 aromatic heterocycles. The summed E-state index contributed by atoms with van der Waals surface area (Å²) in [6.07, 6.45) is -0.673. The fraction of sp³-hybridized carbons (Fsp3) is 0.261. The maximum Gasteiger partial charge on any atom is 0.344 e. The number of amides is 2. The normalized spacial score (nSPS) is 16.5. The van der Waals surface area contributed by atoms with Gasteiger partial charge in [0.25, 0.3) is 11.8 Å². The molecule has 1 aliphatic heterocycles. The Morgan fingerprint density at radius 1 is 1.07 bits per heavy atom. The molecule has 3 aromatic rings. The van der Waals surface area contributed by atoms with E-state index in [-0.39, 0.29) is 18.4 Å². The summed E-state index contributed by atoms with van der Waals surface area (Å²) < 4.78 is 10.9. The third kappa shape index (κ3) is 3.84. The van der Waals surface area contributed by atoms with E-state index in [1.807, 2.05) is 12.1 Å². The van der Waals surface area contributed by atoms with Gasteiger partial charge in [-0.25, -0.2) is 4.79 Å². The number of morpholine rings is 1. The van der Waals surface area contributed by atoms with Crippen molar-refractivity contribution in [2.24, 2.45) is 0 Å². The molecule has 1 atom stereocenters. The highest BCUT2D eigenvalue weighted by Crippen LogP contribution is 2.23. The van der Waals surface area contributed by atoms with Crippen LogP contribution < -0.4 is 5.63 Å². The summed E-state index contributed by atoms with van der Waals surface area (Å²) in [5, 5.41) is 0.807. The lowest BCUT2D eigenvalue weighted by Crippen LogP contribution is -2.51. The van der Waals surface area contributed by atoms with Crippen molar-refractivity contribution < 1.29 is 18.7 Å². The largest absolute Gasteiger partial charge is 0.422 e. The number of hydrogen-bond donors (Lipinski definition) is 0. The van der Waals surface area contributed by atoms with Crippen molar-refractivity contribution >= 4 is 22.8 Å². The summed E-state index contributed by atoms with van der Waals surface area (Å²) in [4.78, 5) is 40.8. The minimum absolute atomic E-state index is 0.171. The van der Waals surface area contributed by atoms with Gasteiger partial charge in [-0.15, -0.1) is 0 Å². The zero-order chi connectivity index (χ0) is 21.3. The molecule has 1 fully saturated rings. The van der Waals surface area contributed by atoms with Crippen molar-refractivity contribution in [2.45, 2.75) is 6.10 Å². The number of para-hydroxylation sites is 1. The average Bonchev–Trinajstić information content (AvgIpc) is 2.77. The number of hydrogen-bond acceptors (Lipinski definition) is 5. The molecular formula is C23H22N2O5. The Kier molecular flexibility index (Phi) is 5.37. The van der Waals surface area contributed by atoms with E-state index in [4.69, 9.17) is 9.15 Å². The van der Waals surface area contributed by atoms with Gasteiger partial charge in [0.05, 0.1) is 18.7 Å². The van der Waals surface area contributed by atoms with Gasteiger partial charge in [-0.2, -0.15) is 0 Å². The number of ether oxygens (including phenoxy) is 1. The molecule has 0 saturated carbocycles. The Balaban J connectivity index is 1.62. The van der Waals surface area contributed by atoms with E-state index in [0.29, 0.717) is 35.4 Å². The van der Waals surface area contributed by atoms with Crippen LogP contribution >= 0.6 is 0 Å². The lowest BCUT2D eigenvalue weighted by molar-refractivity contribution is -0.145. The molecule has 2 aromatic carbocycles. The Morgan fingerprint density at radius 2 is 1.87 bits per heavy atom. The molecule has 1 saturated heterocycles. The van der Waals surface area contributed by atoms with Crippen LogP contribution in [0.15, 0.2) is 63.8 Å². The third-order valence-electron chi connectivity index (χ3n) is 5.13. The van der Waals surface area contributed by atoms with E-state index in [1.165, 1.54) is 4.90 Å². The van der Waals surface area contributed by atoms with Gasteiger partial charge in [-0.1, -0.05) is 30.3 Å². The van der Waals surface area contributed by atoms with E-state index >= 15 is 0 Å². The first kappa shape index (κ1) is 19.8. The van der Waals surface area contributed by atoms with E-state index in [2.05, 4.69) is 0 Å². The summed E-state index contributed by atoms with van der Waals surface area (Å²) in [5.41, 5.74) is 1.50. The van der Waals surface area contributed by atoms with Crippen molar-refractivity contribution in [3.63, 3.8) is 0 Å². The predicted molar refractivity (Wildman–Crippen MR) is 112 cm³/mol. The summed E-state index contributed by atoms with van der Waals surface area (Å²) in [7, 11) is 3.32. The third-order valence-corrected chi connectivity index (χ3v) is 5.13. The monoisotopic (exact) mass is 406 g/mol. The molecule has 0 aliphatic carbocycles. The van der Waals surface area contributed by atoms with Gasteiger partial charge in [0.1, 0.15) is 5.58 Å². The van der Waals surface area contributed by atoms with Crippen molar-refractivity contribution in [1.82, 2.24) is 9.80 Å². The number of rotatable bonds is 3. The van der Waals surface area contributed by atoms with Gasteiger partial charge in [0.2, 0.25) is 0 Å². The standard InChI is InChI=1S/C23H22N2O5/c1-24(2)22(27)20-14-25(10-11-29-20)21(26)17-8-5-7-15(12-17)18-13-16-6-3-4-9-19(16)30-23(18)28/h3-9,12-13,20H,10-11,14H2,1-2H3. The van der Waals surface area contributed by atoms with E-state index < -0.39 is 11.7 Å². The van der Waals surface area contributed by atoms with Crippen LogP contribution in [-0.2, 0) is 9.53 Å². The Bertz CT molecular complexity index is 1170. The maximum absolute atomic E-state index is 13.1. The Morgan fingerprint density at radius 3 is 2.67 bits per heavy atom. The minimum atomic E-state index is -0.673. The minimum Gasteiger partial charge on any atom is -0.422 e. The molecular weight excluding hydrogens is 384 g/mol. The molecule has 154 valence electrons. The fourth-order valence-corrected chi connectivity index (χ4v) is 3.54. The maximum atomic E-state index is 13.1. The summed E-state index contributed by atoms with van der Waals surface area (Å²) in [6.45, 7) is 0.889. The SMILES string of the molecule is CN(C)C(=O)C1CN(C(=O)c2cccc(-c3cc4ccccc4oc3=O)c2)CCO1. The molecule has 7 heteroatoms. The Labute approximate surface area is 173 Å². The molecule has 4 rings (SSSR count). The van der Waals surface area contributed by atoms with Crippen LogP contribution in [0, 0.1) is 0 Å². The van der Waals surface area contributed by atoms with Gasteiger partial charge in [0.15, 0.2) is 6.10 Å². The number of likely N-dealkylation sites (N-methyl/N-ethyl adjacent to an activating group) is 1. The van der Waals surface area contributed by atoms with Crippen molar-refractivity contribution in [3.8, 4) is 11.1 Å². The number of carbonyl (C=O) groups excluding carboxylic acids is 2. The van der Waals surface area contributed by atoms with Crippen LogP contribution in [0.2, 0.25) is 0 Å². The van der Waals surface area contributed by atoms with Gasteiger partial charge in [-0.05, 0) is 29.8 Å². The highest BCUT2D eigenvalue weighted by molar-refractivity contribution is 5.96. The zero-order valence-electron chi connectivity index (χ0n) is 16.8. The zero-order valence-corrected chi connectivity index (χ0v) is 16.8. The predicted octanol–water partition coefficient (Wildman–Crippen LogP) is 2.39. The molecule has 0 N–H and O–H groups in total. The highest BCUT2D eigenvalue weighted by atomic mass is 16.5. The van der Waals surface area contributed by atoms with Crippen LogP contribution in [-0.4, -0.2) is 61.5 Å². The summed E-state index contributed by atoms with van der Waals surface area (Å²) in [6, 6.07) is 15.9. The van der Waals surface area contributed by atoms with Crippen LogP contribution in [0.25, 0.3) is 22.1 Å². The molecule has 1 unspecified atom stereocenters. The van der Waals surface area contributed by atoms with Crippen LogP contribution in [0.4, 0.5) is 0 Å².